The lowest BCUT2D eigenvalue weighted by Crippen LogP contribution is -2.56. The Balaban J connectivity index is 1.19. The topological polar surface area (TPSA) is 84.2 Å². The number of para-hydroxylation sites is 1. The van der Waals surface area contributed by atoms with Crippen molar-refractivity contribution in [2.24, 2.45) is 5.92 Å². The van der Waals surface area contributed by atoms with Gasteiger partial charge in [0.2, 0.25) is 17.0 Å². The van der Waals surface area contributed by atoms with Crippen LogP contribution in [0.3, 0.4) is 0 Å². The van der Waals surface area contributed by atoms with E-state index in [9.17, 15) is 9.59 Å². The Morgan fingerprint density at radius 1 is 1.08 bits per heavy atom. The molecule has 8 nitrogen and oxygen atoms in total. The summed E-state index contributed by atoms with van der Waals surface area (Å²) in [7, 11) is 0. The molecule has 6 rings (SSSR count). The van der Waals surface area contributed by atoms with E-state index in [4.69, 9.17) is 16.6 Å². The van der Waals surface area contributed by atoms with Crippen LogP contribution in [0.2, 0.25) is 5.02 Å². The zero-order chi connectivity index (χ0) is 25.5. The molecule has 10 heteroatoms. The van der Waals surface area contributed by atoms with Crippen molar-refractivity contribution in [3.05, 3.63) is 59.1 Å². The first-order valence-electron chi connectivity index (χ1n) is 12.5. The van der Waals surface area contributed by atoms with Crippen molar-refractivity contribution in [2.75, 3.05) is 25.4 Å². The molecule has 2 aromatic heterocycles. The van der Waals surface area contributed by atoms with Crippen LogP contribution < -0.4 is 0 Å². The van der Waals surface area contributed by atoms with Crippen molar-refractivity contribution in [2.45, 2.75) is 37.5 Å². The lowest BCUT2D eigenvalue weighted by atomic mass is 10.1. The van der Waals surface area contributed by atoms with Gasteiger partial charge in [-0.1, -0.05) is 53.7 Å². The van der Waals surface area contributed by atoms with Crippen LogP contribution in [0.4, 0.5) is 0 Å². The number of fused-ring (bicyclic) bond motifs is 3. The van der Waals surface area contributed by atoms with E-state index >= 15 is 0 Å². The van der Waals surface area contributed by atoms with Crippen LogP contribution in [-0.4, -0.2) is 72.8 Å². The zero-order valence-corrected chi connectivity index (χ0v) is 22.1. The highest BCUT2D eigenvalue weighted by Crippen LogP contribution is 2.32. The predicted molar refractivity (Wildman–Crippen MR) is 145 cm³/mol. The monoisotopic (exact) mass is 534 g/mol. The Hall–Kier alpha value is -3.17. The number of amides is 2. The van der Waals surface area contributed by atoms with Gasteiger partial charge in [0, 0.05) is 48.5 Å². The molecule has 2 aromatic carbocycles. The molecule has 1 unspecified atom stereocenters. The highest BCUT2D eigenvalue weighted by atomic mass is 35.5. The minimum atomic E-state index is 0.0264. The van der Waals surface area contributed by atoms with E-state index in [0.717, 1.165) is 40.5 Å². The average molecular weight is 535 g/mol. The summed E-state index contributed by atoms with van der Waals surface area (Å²) in [5.41, 5.74) is 3.54. The van der Waals surface area contributed by atoms with E-state index in [1.807, 2.05) is 65.3 Å². The number of aromatic nitrogens is 4. The van der Waals surface area contributed by atoms with E-state index in [-0.39, 0.29) is 29.5 Å². The van der Waals surface area contributed by atoms with Crippen molar-refractivity contribution in [3.8, 4) is 0 Å². The Morgan fingerprint density at radius 3 is 2.70 bits per heavy atom. The van der Waals surface area contributed by atoms with E-state index in [2.05, 4.69) is 14.8 Å². The molecule has 1 aliphatic heterocycles. The Morgan fingerprint density at radius 2 is 1.92 bits per heavy atom. The van der Waals surface area contributed by atoms with Crippen LogP contribution in [0.5, 0.6) is 0 Å². The lowest BCUT2D eigenvalue weighted by molar-refractivity contribution is -0.142. The normalized spacial score (nSPS) is 18.1. The Kier molecular flexibility index (Phi) is 6.50. The Bertz CT molecular complexity index is 1500. The summed E-state index contributed by atoms with van der Waals surface area (Å²) in [5, 5.41) is 11.0. The molecule has 0 bridgehead atoms. The molecule has 2 aliphatic rings. The summed E-state index contributed by atoms with van der Waals surface area (Å²) in [4.78, 5) is 34.1. The largest absolute Gasteiger partial charge is 0.338 e. The number of hydrogen-bond donors (Lipinski definition) is 0. The summed E-state index contributed by atoms with van der Waals surface area (Å²) in [6, 6.07) is 15.9. The summed E-state index contributed by atoms with van der Waals surface area (Å²) < 4.78 is 2.12. The van der Waals surface area contributed by atoms with Crippen molar-refractivity contribution < 1.29 is 9.59 Å². The van der Waals surface area contributed by atoms with Crippen LogP contribution in [0.1, 0.15) is 25.3 Å². The highest BCUT2D eigenvalue weighted by molar-refractivity contribution is 7.99. The summed E-state index contributed by atoms with van der Waals surface area (Å²) in [6.07, 6.45) is 2.00. The first-order chi connectivity index (χ1) is 18.0. The second kappa shape index (κ2) is 9.95. The fraction of sp³-hybridized carbons (Fsp3) is 0.370. The van der Waals surface area contributed by atoms with Crippen LogP contribution in [0, 0.1) is 5.92 Å². The molecule has 37 heavy (non-hydrogen) atoms. The number of rotatable bonds is 6. The van der Waals surface area contributed by atoms with Crippen molar-refractivity contribution in [3.63, 3.8) is 0 Å². The van der Waals surface area contributed by atoms with Crippen LogP contribution in [-0.2, 0) is 16.1 Å². The number of halogens is 1. The van der Waals surface area contributed by atoms with Gasteiger partial charge in [-0.25, -0.2) is 4.98 Å². The van der Waals surface area contributed by atoms with Gasteiger partial charge in [-0.2, -0.15) is 0 Å². The standard InChI is InChI=1S/C27H27ClN6O2S/c1-17-14-32(11-12-33(17)26(36)19-9-10-19)23(35)16-37-27-29-25-24(30-31-27)21-7-2-3-8-22(21)34(25)15-18-5-4-6-20(28)13-18/h2-8,13,17,19H,9-12,14-16H2,1H3. The first-order valence-corrected chi connectivity index (χ1v) is 13.9. The quantitative estimate of drug-likeness (QED) is 0.344. The first kappa shape index (κ1) is 24.2. The van der Waals surface area contributed by atoms with Gasteiger partial charge in [-0.3, -0.25) is 9.59 Å². The van der Waals surface area contributed by atoms with Crippen molar-refractivity contribution in [1.82, 2.24) is 29.5 Å². The number of hydrogen-bond acceptors (Lipinski definition) is 6. The van der Waals surface area contributed by atoms with Crippen molar-refractivity contribution in [1.29, 1.82) is 0 Å². The fourth-order valence-corrected chi connectivity index (χ4v) is 5.92. The number of piperazine rings is 1. The molecule has 0 spiro atoms. The molecule has 1 atom stereocenters. The van der Waals surface area contributed by atoms with Gasteiger partial charge in [0.1, 0.15) is 5.52 Å². The third-order valence-corrected chi connectivity index (χ3v) is 8.16. The maximum Gasteiger partial charge on any atom is 0.233 e. The van der Waals surface area contributed by atoms with Gasteiger partial charge in [0.05, 0.1) is 11.3 Å². The summed E-state index contributed by atoms with van der Waals surface area (Å²) >= 11 is 7.52. The molecule has 4 aromatic rings. The molecular formula is C27H27ClN6O2S. The van der Waals surface area contributed by atoms with Crippen LogP contribution in [0.15, 0.2) is 53.7 Å². The number of thioether (sulfide) groups is 1. The average Bonchev–Trinajstić information content (AvgIpc) is 3.71. The number of carbonyl (C=O) groups excluding carboxylic acids is 2. The second-order valence-electron chi connectivity index (χ2n) is 9.78. The molecular weight excluding hydrogens is 508 g/mol. The number of carbonyl (C=O) groups is 2. The third kappa shape index (κ3) is 4.90. The molecule has 3 heterocycles. The fourth-order valence-electron chi connectivity index (χ4n) is 5.02. The van der Waals surface area contributed by atoms with E-state index in [1.54, 1.807) is 0 Å². The van der Waals surface area contributed by atoms with Gasteiger partial charge < -0.3 is 14.4 Å². The van der Waals surface area contributed by atoms with E-state index in [0.29, 0.717) is 36.4 Å². The third-order valence-electron chi connectivity index (χ3n) is 7.10. The van der Waals surface area contributed by atoms with Gasteiger partial charge in [-0.05, 0) is 43.5 Å². The van der Waals surface area contributed by atoms with Gasteiger partial charge in [-0.15, -0.1) is 10.2 Å². The smallest absolute Gasteiger partial charge is 0.233 e. The minimum Gasteiger partial charge on any atom is -0.338 e. The molecule has 1 saturated heterocycles. The molecule has 1 aliphatic carbocycles. The van der Waals surface area contributed by atoms with Crippen LogP contribution >= 0.6 is 23.4 Å². The SMILES string of the molecule is CC1CN(C(=O)CSc2nnc3c4ccccc4n(Cc4cccc(Cl)c4)c3n2)CCN1C(=O)C1CC1. The summed E-state index contributed by atoms with van der Waals surface area (Å²) in [5.74, 6) is 0.702. The second-order valence-corrected chi connectivity index (χ2v) is 11.2. The van der Waals surface area contributed by atoms with Gasteiger partial charge >= 0.3 is 0 Å². The van der Waals surface area contributed by atoms with Gasteiger partial charge in [0.15, 0.2) is 5.65 Å². The molecule has 0 radical (unpaired) electrons. The molecule has 2 fully saturated rings. The maximum absolute atomic E-state index is 13.0. The summed E-state index contributed by atoms with van der Waals surface area (Å²) in [6.45, 7) is 4.33. The predicted octanol–water partition coefficient (Wildman–Crippen LogP) is 4.24. The number of nitrogens with zero attached hydrogens (tertiary/aromatic N) is 6. The van der Waals surface area contributed by atoms with Crippen LogP contribution in [0.25, 0.3) is 22.1 Å². The molecule has 0 N–H and O–H groups in total. The lowest BCUT2D eigenvalue weighted by Gasteiger charge is -2.40. The van der Waals surface area contributed by atoms with Crippen molar-refractivity contribution >= 4 is 57.2 Å². The Labute approximate surface area is 224 Å². The van der Waals surface area contributed by atoms with Gasteiger partial charge in [0.25, 0.3) is 0 Å². The molecule has 2 amide bonds. The zero-order valence-electron chi connectivity index (χ0n) is 20.5. The molecule has 1 saturated carbocycles. The molecule has 190 valence electrons. The minimum absolute atomic E-state index is 0.0264. The highest BCUT2D eigenvalue weighted by Gasteiger charge is 2.38. The van der Waals surface area contributed by atoms with E-state index in [1.165, 1.54) is 11.8 Å². The maximum atomic E-state index is 13.0. The van der Waals surface area contributed by atoms with E-state index < -0.39 is 0 Å². The number of benzene rings is 2.